The number of amides is 1. The number of tetrazole rings is 1. The van der Waals surface area contributed by atoms with Crippen LogP contribution in [0, 0.1) is 12.8 Å². The molecule has 3 atom stereocenters. The van der Waals surface area contributed by atoms with Gasteiger partial charge in [-0.3, -0.25) is 9.69 Å². The Morgan fingerprint density at radius 1 is 1.26 bits per heavy atom. The first-order valence-corrected chi connectivity index (χ1v) is 11.7. The van der Waals surface area contributed by atoms with Gasteiger partial charge in [0.2, 0.25) is 0 Å². The van der Waals surface area contributed by atoms with Gasteiger partial charge in [0.15, 0.2) is 5.82 Å². The van der Waals surface area contributed by atoms with Crippen LogP contribution in [0.15, 0.2) is 36.7 Å². The molecule has 1 aromatic carbocycles. The Morgan fingerprint density at radius 3 is 2.97 bits per heavy atom. The number of nitrogens with zero attached hydrogens (tertiary/aromatic N) is 7. The summed E-state index contributed by atoms with van der Waals surface area (Å²) in [7, 11) is 0. The lowest BCUT2D eigenvalue weighted by atomic mass is 9.95. The van der Waals surface area contributed by atoms with Crippen molar-refractivity contribution in [1.29, 1.82) is 0 Å². The number of rotatable bonds is 5. The molecule has 3 aliphatic rings. The van der Waals surface area contributed by atoms with E-state index in [0.717, 1.165) is 29.7 Å². The number of aromatic nitrogens is 5. The highest BCUT2D eigenvalue weighted by molar-refractivity contribution is 5.94. The zero-order valence-corrected chi connectivity index (χ0v) is 19.2. The summed E-state index contributed by atoms with van der Waals surface area (Å²) >= 11 is 0. The maximum atomic E-state index is 13.2. The number of hydrogen-bond donors (Lipinski definition) is 1. The van der Waals surface area contributed by atoms with Crippen LogP contribution in [0.3, 0.4) is 0 Å². The molecule has 1 amide bonds. The average Bonchev–Trinajstić information content (AvgIpc) is 3.65. The van der Waals surface area contributed by atoms with Crippen molar-refractivity contribution in [3.05, 3.63) is 64.6 Å². The first kappa shape index (κ1) is 21.8. The van der Waals surface area contributed by atoms with Crippen molar-refractivity contribution < 1.29 is 19.4 Å². The summed E-state index contributed by atoms with van der Waals surface area (Å²) < 4.78 is 6.56. The molecule has 180 valence electrons. The maximum absolute atomic E-state index is 13.2. The van der Waals surface area contributed by atoms with Gasteiger partial charge in [-0.25, -0.2) is 9.78 Å². The molecule has 2 unspecified atom stereocenters. The molecule has 2 fully saturated rings. The summed E-state index contributed by atoms with van der Waals surface area (Å²) in [6.07, 6.45) is 1.73. The number of ether oxygens (including phenoxy) is 1. The topological polar surface area (TPSA) is 127 Å². The van der Waals surface area contributed by atoms with E-state index < -0.39 is 6.10 Å². The number of carbonyl (C=O) groups is 2. The average molecular weight is 476 g/mol. The summed E-state index contributed by atoms with van der Waals surface area (Å²) in [6.45, 7) is 4.81. The third kappa shape index (κ3) is 3.76. The van der Waals surface area contributed by atoms with Crippen LogP contribution in [0.4, 0.5) is 0 Å². The first-order valence-electron chi connectivity index (χ1n) is 11.7. The summed E-state index contributed by atoms with van der Waals surface area (Å²) in [5.74, 6) is 0.428. The molecule has 2 saturated heterocycles. The normalized spacial score (nSPS) is 22.2. The number of hydrogen-bond acceptors (Lipinski definition) is 9. The predicted octanol–water partition coefficient (Wildman–Crippen LogP) is 0.916. The van der Waals surface area contributed by atoms with E-state index in [4.69, 9.17) is 4.74 Å². The van der Waals surface area contributed by atoms with Gasteiger partial charge in [0.25, 0.3) is 5.91 Å². The number of fused-ring (bicyclic) bond motifs is 2. The van der Waals surface area contributed by atoms with Gasteiger partial charge in [-0.15, -0.1) is 5.10 Å². The van der Waals surface area contributed by atoms with E-state index in [1.807, 2.05) is 17.9 Å². The third-order valence-electron chi connectivity index (χ3n) is 7.46. The molecule has 35 heavy (non-hydrogen) atoms. The molecule has 11 nitrogen and oxygen atoms in total. The molecule has 11 heteroatoms. The summed E-state index contributed by atoms with van der Waals surface area (Å²) in [5.41, 5.74) is 3.53. The highest BCUT2D eigenvalue weighted by Gasteiger charge is 2.43. The highest BCUT2D eigenvalue weighted by Crippen LogP contribution is 2.35. The van der Waals surface area contributed by atoms with Gasteiger partial charge in [0.05, 0.1) is 11.7 Å². The van der Waals surface area contributed by atoms with E-state index in [0.29, 0.717) is 42.6 Å². The second kappa shape index (κ2) is 8.51. The molecule has 5 heterocycles. The van der Waals surface area contributed by atoms with Crippen molar-refractivity contribution in [2.45, 2.75) is 32.1 Å². The minimum Gasteiger partial charge on any atom is -0.457 e. The van der Waals surface area contributed by atoms with E-state index in [-0.39, 0.29) is 24.5 Å². The van der Waals surface area contributed by atoms with Gasteiger partial charge in [0, 0.05) is 31.2 Å². The second-order valence-corrected chi connectivity index (χ2v) is 9.35. The smallest absolute Gasteiger partial charge is 0.338 e. The Kier molecular flexibility index (Phi) is 5.30. The van der Waals surface area contributed by atoms with Crippen molar-refractivity contribution in [3.63, 3.8) is 0 Å². The Labute approximate surface area is 201 Å². The number of likely N-dealkylation sites (tertiary alicyclic amines) is 2. The monoisotopic (exact) mass is 475 g/mol. The molecule has 6 rings (SSSR count). The molecule has 1 N–H and O–H groups in total. The van der Waals surface area contributed by atoms with Gasteiger partial charge in [-0.05, 0) is 65.6 Å². The zero-order valence-electron chi connectivity index (χ0n) is 19.2. The van der Waals surface area contributed by atoms with Crippen molar-refractivity contribution in [3.8, 4) is 5.82 Å². The van der Waals surface area contributed by atoms with Crippen LogP contribution in [0.1, 0.15) is 50.1 Å². The predicted molar refractivity (Wildman–Crippen MR) is 122 cm³/mol. The minimum absolute atomic E-state index is 0.117. The SMILES string of the molecule is Cc1c([C@@H](O)CN2CCC3CN(C(=O)c4cccc(-n5cnnn5)n4)CC32)ccc2c1COC2=O. The number of aliphatic hydroxyl groups is 1. The molecule has 0 saturated carbocycles. The van der Waals surface area contributed by atoms with Gasteiger partial charge in [-0.1, -0.05) is 12.1 Å². The van der Waals surface area contributed by atoms with Crippen LogP contribution in [-0.4, -0.2) is 84.2 Å². The highest BCUT2D eigenvalue weighted by atomic mass is 16.5. The lowest BCUT2D eigenvalue weighted by molar-refractivity contribution is 0.0534. The molecule has 0 bridgehead atoms. The quantitative estimate of drug-likeness (QED) is 0.536. The third-order valence-corrected chi connectivity index (χ3v) is 7.46. The second-order valence-electron chi connectivity index (χ2n) is 9.35. The molecule has 0 radical (unpaired) electrons. The van der Waals surface area contributed by atoms with Crippen molar-refractivity contribution in [2.24, 2.45) is 5.92 Å². The number of esters is 1. The van der Waals surface area contributed by atoms with Crippen LogP contribution in [0.25, 0.3) is 5.82 Å². The van der Waals surface area contributed by atoms with Gasteiger partial charge < -0.3 is 14.7 Å². The summed E-state index contributed by atoms with van der Waals surface area (Å²) in [6, 6.07) is 8.99. The maximum Gasteiger partial charge on any atom is 0.338 e. The van der Waals surface area contributed by atoms with E-state index in [2.05, 4.69) is 25.4 Å². The Bertz CT molecular complexity index is 1300. The first-order chi connectivity index (χ1) is 17.0. The Hall–Kier alpha value is -3.70. The molecular formula is C24H25N7O4. The van der Waals surface area contributed by atoms with Crippen LogP contribution in [-0.2, 0) is 11.3 Å². The number of aliphatic hydroxyl groups excluding tert-OH is 1. The van der Waals surface area contributed by atoms with E-state index in [1.54, 1.807) is 24.3 Å². The van der Waals surface area contributed by atoms with E-state index in [1.165, 1.54) is 11.0 Å². The molecular weight excluding hydrogens is 450 g/mol. The Morgan fingerprint density at radius 2 is 2.14 bits per heavy atom. The largest absolute Gasteiger partial charge is 0.457 e. The fourth-order valence-electron chi connectivity index (χ4n) is 5.59. The van der Waals surface area contributed by atoms with Crippen LogP contribution < -0.4 is 0 Å². The van der Waals surface area contributed by atoms with E-state index in [9.17, 15) is 14.7 Å². The van der Waals surface area contributed by atoms with Gasteiger partial charge >= 0.3 is 5.97 Å². The number of carbonyl (C=O) groups excluding carboxylic acids is 2. The van der Waals surface area contributed by atoms with Gasteiger partial charge in [0.1, 0.15) is 18.6 Å². The summed E-state index contributed by atoms with van der Waals surface area (Å²) in [5, 5.41) is 22.2. The molecule has 0 spiro atoms. The van der Waals surface area contributed by atoms with Crippen molar-refractivity contribution >= 4 is 11.9 Å². The van der Waals surface area contributed by atoms with Crippen LogP contribution in [0.2, 0.25) is 0 Å². The fraction of sp³-hybridized carbons (Fsp3) is 0.417. The molecule has 3 aromatic rings. The fourth-order valence-corrected chi connectivity index (χ4v) is 5.59. The van der Waals surface area contributed by atoms with E-state index >= 15 is 0 Å². The van der Waals surface area contributed by atoms with Crippen molar-refractivity contribution in [1.82, 2.24) is 35.0 Å². The Balaban J connectivity index is 1.14. The van der Waals surface area contributed by atoms with Gasteiger partial charge in [-0.2, -0.15) is 4.68 Å². The number of β-amino-alcohol motifs (C(OH)–C–C–N with tert-alkyl or cyclic N) is 1. The number of benzene rings is 1. The lowest BCUT2D eigenvalue weighted by Gasteiger charge is -2.27. The van der Waals surface area contributed by atoms with Crippen LogP contribution >= 0.6 is 0 Å². The number of cyclic esters (lactones) is 1. The molecule has 0 aliphatic carbocycles. The van der Waals surface area contributed by atoms with Crippen molar-refractivity contribution in [2.75, 3.05) is 26.2 Å². The number of pyridine rings is 1. The summed E-state index contributed by atoms with van der Waals surface area (Å²) in [4.78, 5) is 33.6. The molecule has 2 aromatic heterocycles. The lowest BCUT2D eigenvalue weighted by Crippen LogP contribution is -2.39. The minimum atomic E-state index is -0.686. The van der Waals surface area contributed by atoms with Crippen LogP contribution in [0.5, 0.6) is 0 Å². The zero-order chi connectivity index (χ0) is 24.1. The molecule has 3 aliphatic heterocycles. The standard InChI is InChI=1S/C24H25N7O4/c1-14-16(5-6-17-18(14)12-35-24(17)34)21(32)11-29-8-7-15-9-30(10-20(15)29)23(33)19-3-2-4-22(26-19)31-13-25-27-28-31/h2-6,13,15,20-21,32H,7-12H2,1H3/t15?,20?,21-/m0/s1.